The lowest BCUT2D eigenvalue weighted by Crippen LogP contribution is -2.28. The van der Waals surface area contributed by atoms with Crippen LogP contribution < -0.4 is 15.4 Å². The Balaban J connectivity index is 1.81. The number of ether oxygens (including phenoxy) is 1. The van der Waals surface area contributed by atoms with Crippen LogP contribution in [0.25, 0.3) is 0 Å². The molecule has 0 aliphatic rings. The van der Waals surface area contributed by atoms with E-state index in [1.54, 1.807) is 31.2 Å². The fourth-order valence-corrected chi connectivity index (χ4v) is 2.47. The molecule has 2 rings (SSSR count). The Morgan fingerprint density at radius 3 is 2.37 bits per heavy atom. The average molecular weight is 368 g/mol. The molecular formula is C22H28N2O3. The molecule has 0 aliphatic heterocycles. The zero-order valence-electron chi connectivity index (χ0n) is 16.5. The largest absolute Gasteiger partial charge is 0.492 e. The van der Waals surface area contributed by atoms with Gasteiger partial charge in [-0.25, -0.2) is 0 Å². The number of rotatable bonds is 7. The van der Waals surface area contributed by atoms with Gasteiger partial charge in [-0.05, 0) is 41.3 Å². The van der Waals surface area contributed by atoms with Crippen molar-refractivity contribution < 1.29 is 14.3 Å². The topological polar surface area (TPSA) is 67.4 Å². The highest BCUT2D eigenvalue weighted by Crippen LogP contribution is 2.24. The maximum Gasteiger partial charge on any atom is 0.251 e. The second-order valence-electron chi connectivity index (χ2n) is 7.36. The van der Waals surface area contributed by atoms with Gasteiger partial charge in [-0.1, -0.05) is 45.9 Å². The summed E-state index contributed by atoms with van der Waals surface area (Å²) >= 11 is 0. The van der Waals surface area contributed by atoms with E-state index in [0.29, 0.717) is 30.8 Å². The highest BCUT2D eigenvalue weighted by molar-refractivity contribution is 5.97. The van der Waals surface area contributed by atoms with Crippen LogP contribution in [0.15, 0.2) is 48.5 Å². The zero-order valence-corrected chi connectivity index (χ0v) is 16.5. The highest BCUT2D eigenvalue weighted by atomic mass is 16.5. The highest BCUT2D eigenvalue weighted by Gasteiger charge is 2.13. The monoisotopic (exact) mass is 368 g/mol. The van der Waals surface area contributed by atoms with E-state index in [1.807, 2.05) is 12.1 Å². The summed E-state index contributed by atoms with van der Waals surface area (Å²) in [6.45, 7) is 9.06. The Morgan fingerprint density at radius 2 is 1.74 bits per heavy atom. The van der Waals surface area contributed by atoms with E-state index in [1.165, 1.54) is 5.56 Å². The molecule has 0 spiro atoms. The van der Waals surface area contributed by atoms with Crippen LogP contribution in [0.3, 0.4) is 0 Å². The Kier molecular flexibility index (Phi) is 6.99. The van der Waals surface area contributed by atoms with Crippen LogP contribution in [0.4, 0.5) is 5.69 Å². The number of anilines is 1. The lowest BCUT2D eigenvalue weighted by molar-refractivity contribution is -0.115. The molecule has 0 aromatic heterocycles. The van der Waals surface area contributed by atoms with Gasteiger partial charge in [-0.15, -0.1) is 0 Å². The van der Waals surface area contributed by atoms with Crippen molar-refractivity contribution >= 4 is 17.5 Å². The van der Waals surface area contributed by atoms with Crippen LogP contribution in [0.5, 0.6) is 5.75 Å². The Morgan fingerprint density at radius 1 is 1.04 bits per heavy atom. The fraction of sp³-hybridized carbons (Fsp3) is 0.364. The van der Waals surface area contributed by atoms with Crippen LogP contribution >= 0.6 is 0 Å². The standard InChI is InChI=1S/C22H28N2O3/c1-5-20(25)24-18-8-6-7-16(15-18)21(26)23-13-14-27-19-11-9-17(10-12-19)22(2,3)4/h6-12,15H,5,13-14H2,1-4H3,(H,23,26)(H,24,25). The second kappa shape index (κ2) is 9.21. The first-order valence-corrected chi connectivity index (χ1v) is 9.21. The van der Waals surface area contributed by atoms with Gasteiger partial charge in [0.15, 0.2) is 0 Å². The van der Waals surface area contributed by atoms with Gasteiger partial charge in [0.1, 0.15) is 12.4 Å². The number of hydrogen-bond donors (Lipinski definition) is 2. The third-order valence-electron chi connectivity index (χ3n) is 4.11. The molecule has 0 radical (unpaired) electrons. The second-order valence-corrected chi connectivity index (χ2v) is 7.36. The molecule has 5 nitrogen and oxygen atoms in total. The fourth-order valence-electron chi connectivity index (χ4n) is 2.47. The van der Waals surface area contributed by atoms with Crippen LogP contribution in [0, 0.1) is 0 Å². The van der Waals surface area contributed by atoms with Gasteiger partial charge >= 0.3 is 0 Å². The van der Waals surface area contributed by atoms with Crippen molar-refractivity contribution in [2.75, 3.05) is 18.5 Å². The molecule has 0 heterocycles. The van der Waals surface area contributed by atoms with Gasteiger partial charge in [0.25, 0.3) is 5.91 Å². The van der Waals surface area contributed by atoms with E-state index in [9.17, 15) is 9.59 Å². The van der Waals surface area contributed by atoms with Gasteiger partial charge in [0, 0.05) is 17.7 Å². The SMILES string of the molecule is CCC(=O)Nc1cccc(C(=O)NCCOc2ccc(C(C)(C)C)cc2)c1. The molecule has 0 fully saturated rings. The lowest BCUT2D eigenvalue weighted by atomic mass is 9.87. The number of benzene rings is 2. The number of carbonyl (C=O) groups excluding carboxylic acids is 2. The summed E-state index contributed by atoms with van der Waals surface area (Å²) in [7, 11) is 0. The van der Waals surface area contributed by atoms with Crippen molar-refractivity contribution in [2.45, 2.75) is 39.5 Å². The minimum atomic E-state index is -0.200. The van der Waals surface area contributed by atoms with Gasteiger partial charge in [-0.3, -0.25) is 9.59 Å². The van der Waals surface area contributed by atoms with Crippen molar-refractivity contribution in [3.63, 3.8) is 0 Å². The predicted octanol–water partition coefficient (Wildman–Crippen LogP) is 4.14. The van der Waals surface area contributed by atoms with Crippen LogP contribution in [0.2, 0.25) is 0 Å². The van der Waals surface area contributed by atoms with Crippen molar-refractivity contribution in [3.8, 4) is 5.75 Å². The third-order valence-corrected chi connectivity index (χ3v) is 4.11. The summed E-state index contributed by atoms with van der Waals surface area (Å²) in [5.74, 6) is 0.495. The maximum absolute atomic E-state index is 12.2. The summed E-state index contributed by atoms with van der Waals surface area (Å²) in [5.41, 5.74) is 2.47. The summed E-state index contributed by atoms with van der Waals surface area (Å²) in [4.78, 5) is 23.7. The first-order chi connectivity index (χ1) is 12.8. The first kappa shape index (κ1) is 20.5. The summed E-state index contributed by atoms with van der Waals surface area (Å²) in [6.07, 6.45) is 0.393. The summed E-state index contributed by atoms with van der Waals surface area (Å²) < 4.78 is 5.68. The van der Waals surface area contributed by atoms with E-state index in [2.05, 4.69) is 43.5 Å². The Hall–Kier alpha value is -2.82. The summed E-state index contributed by atoms with van der Waals surface area (Å²) in [5, 5.41) is 5.57. The predicted molar refractivity (Wildman–Crippen MR) is 108 cm³/mol. The molecule has 0 bridgehead atoms. The minimum Gasteiger partial charge on any atom is -0.492 e. The molecule has 27 heavy (non-hydrogen) atoms. The lowest BCUT2D eigenvalue weighted by Gasteiger charge is -2.19. The number of carbonyl (C=O) groups is 2. The smallest absolute Gasteiger partial charge is 0.251 e. The van der Waals surface area contributed by atoms with Crippen molar-refractivity contribution in [3.05, 3.63) is 59.7 Å². The number of amides is 2. The van der Waals surface area contributed by atoms with E-state index in [-0.39, 0.29) is 17.2 Å². The van der Waals surface area contributed by atoms with Crippen molar-refractivity contribution in [2.24, 2.45) is 0 Å². The van der Waals surface area contributed by atoms with E-state index < -0.39 is 0 Å². The quantitative estimate of drug-likeness (QED) is 0.722. The molecule has 0 saturated carbocycles. The van der Waals surface area contributed by atoms with E-state index in [4.69, 9.17) is 4.74 Å². The molecule has 144 valence electrons. The molecule has 5 heteroatoms. The molecule has 2 aromatic carbocycles. The Bertz CT molecular complexity index is 777. The minimum absolute atomic E-state index is 0.0848. The third kappa shape index (κ3) is 6.44. The van der Waals surface area contributed by atoms with Gasteiger partial charge in [-0.2, -0.15) is 0 Å². The molecule has 2 amide bonds. The van der Waals surface area contributed by atoms with Gasteiger partial charge in [0.2, 0.25) is 5.91 Å². The van der Waals surface area contributed by atoms with Crippen molar-refractivity contribution in [1.29, 1.82) is 0 Å². The van der Waals surface area contributed by atoms with Crippen molar-refractivity contribution in [1.82, 2.24) is 5.32 Å². The summed E-state index contributed by atoms with van der Waals surface area (Å²) in [6, 6.07) is 14.9. The molecule has 2 N–H and O–H groups in total. The van der Waals surface area contributed by atoms with Crippen LogP contribution in [0.1, 0.15) is 50.0 Å². The first-order valence-electron chi connectivity index (χ1n) is 9.21. The Labute approximate surface area is 161 Å². The zero-order chi connectivity index (χ0) is 19.9. The molecule has 0 atom stereocenters. The van der Waals surface area contributed by atoms with Crippen LogP contribution in [-0.2, 0) is 10.2 Å². The average Bonchev–Trinajstić information content (AvgIpc) is 2.65. The molecule has 0 aliphatic carbocycles. The number of hydrogen-bond acceptors (Lipinski definition) is 3. The molecule has 2 aromatic rings. The number of nitrogens with one attached hydrogen (secondary N) is 2. The molecule has 0 saturated heterocycles. The molecular weight excluding hydrogens is 340 g/mol. The maximum atomic E-state index is 12.2. The van der Waals surface area contributed by atoms with Gasteiger partial charge < -0.3 is 15.4 Å². The normalized spacial score (nSPS) is 11.0. The van der Waals surface area contributed by atoms with E-state index >= 15 is 0 Å². The van der Waals surface area contributed by atoms with Gasteiger partial charge in [0.05, 0.1) is 6.54 Å². The van der Waals surface area contributed by atoms with E-state index in [0.717, 1.165) is 5.75 Å². The molecule has 0 unspecified atom stereocenters. The van der Waals surface area contributed by atoms with Crippen LogP contribution in [-0.4, -0.2) is 25.0 Å².